The minimum atomic E-state index is -0.757. The van der Waals surface area contributed by atoms with Crippen LogP contribution in [0.25, 0.3) is 0 Å². The molecule has 0 radical (unpaired) electrons. The predicted molar refractivity (Wildman–Crippen MR) is 134 cm³/mol. The van der Waals surface area contributed by atoms with E-state index >= 15 is 0 Å². The summed E-state index contributed by atoms with van der Waals surface area (Å²) < 4.78 is 10.5. The number of benzene rings is 3. The number of hydrogen-bond acceptors (Lipinski definition) is 6. The summed E-state index contributed by atoms with van der Waals surface area (Å²) in [6.07, 6.45) is -0.389. The van der Waals surface area contributed by atoms with Crippen molar-refractivity contribution in [2.45, 2.75) is 12.8 Å². The smallest absolute Gasteiger partial charge is 0.306 e. The number of carbonyl (C=O) groups is 4. The Morgan fingerprint density at radius 3 is 2.08 bits per heavy atom. The van der Waals surface area contributed by atoms with E-state index in [1.807, 2.05) is 0 Å². The Labute approximate surface area is 216 Å². The molecule has 11 heteroatoms. The number of rotatable bonds is 9. The summed E-state index contributed by atoms with van der Waals surface area (Å²) >= 11 is 12.0. The Bertz CT molecular complexity index is 1250. The molecule has 3 aromatic carbocycles. The average Bonchev–Trinajstić information content (AvgIpc) is 2.87. The number of halogens is 2. The first-order valence-corrected chi connectivity index (χ1v) is 11.4. The van der Waals surface area contributed by atoms with Crippen molar-refractivity contribution in [2.24, 2.45) is 0 Å². The van der Waals surface area contributed by atoms with Gasteiger partial charge in [0.2, 0.25) is 5.91 Å². The average molecular weight is 530 g/mol. The Morgan fingerprint density at radius 2 is 1.39 bits per heavy atom. The second-order valence-electron chi connectivity index (χ2n) is 7.25. The monoisotopic (exact) mass is 529 g/mol. The topological polar surface area (TPSA) is 123 Å². The van der Waals surface area contributed by atoms with Crippen LogP contribution in [0.1, 0.15) is 23.2 Å². The van der Waals surface area contributed by atoms with E-state index < -0.39 is 30.3 Å². The summed E-state index contributed by atoms with van der Waals surface area (Å²) in [6.45, 7) is -0.629. The van der Waals surface area contributed by atoms with Gasteiger partial charge in [0.25, 0.3) is 11.8 Å². The van der Waals surface area contributed by atoms with Gasteiger partial charge in [0.1, 0.15) is 11.5 Å². The van der Waals surface area contributed by atoms with Gasteiger partial charge in [-0.1, -0.05) is 47.5 Å². The molecule has 0 aromatic heterocycles. The van der Waals surface area contributed by atoms with E-state index in [9.17, 15) is 19.2 Å². The first kappa shape index (κ1) is 26.5. The molecule has 3 aromatic rings. The van der Waals surface area contributed by atoms with Crippen LogP contribution < -0.4 is 20.9 Å². The van der Waals surface area contributed by atoms with Crippen LogP contribution in [-0.4, -0.2) is 30.3 Å². The molecule has 0 saturated heterocycles. The Balaban J connectivity index is 1.34. The van der Waals surface area contributed by atoms with E-state index in [1.54, 1.807) is 60.7 Å². The summed E-state index contributed by atoms with van der Waals surface area (Å²) in [5, 5.41) is 3.34. The van der Waals surface area contributed by atoms with Gasteiger partial charge >= 0.3 is 5.97 Å². The third-order valence-electron chi connectivity index (χ3n) is 4.56. The molecule has 3 rings (SSSR count). The predicted octanol–water partition coefficient (Wildman–Crippen LogP) is 4.51. The third-order valence-corrected chi connectivity index (χ3v) is 5.20. The standard InChI is InChI=1S/C25H21Cl2N3O6/c26-19-6-2-1-5-18(19)25(34)30-29-23(32)15-35-24(33)14-13-22(31)28-16-9-11-17(12-10-16)36-21-8-4-3-7-20(21)27/h1-12H,13-15H2,(H,28,31)(H,29,32)(H,30,34). The second-order valence-corrected chi connectivity index (χ2v) is 8.06. The zero-order chi connectivity index (χ0) is 25.9. The molecule has 0 bridgehead atoms. The van der Waals surface area contributed by atoms with Crippen molar-refractivity contribution in [3.63, 3.8) is 0 Å². The number of nitrogens with one attached hydrogen (secondary N) is 3. The van der Waals surface area contributed by atoms with E-state index in [2.05, 4.69) is 16.2 Å². The molecule has 3 amide bonds. The minimum absolute atomic E-state index is 0.151. The van der Waals surface area contributed by atoms with E-state index in [0.29, 0.717) is 22.2 Å². The molecule has 0 aliphatic heterocycles. The molecule has 186 valence electrons. The number of esters is 1. The normalized spacial score (nSPS) is 10.2. The van der Waals surface area contributed by atoms with Crippen LogP contribution in [0, 0.1) is 0 Å². The lowest BCUT2D eigenvalue weighted by atomic mass is 10.2. The highest BCUT2D eigenvalue weighted by Gasteiger charge is 2.13. The lowest BCUT2D eigenvalue weighted by Gasteiger charge is -2.10. The second kappa shape index (κ2) is 13.1. The molecular formula is C25H21Cl2N3O6. The van der Waals surface area contributed by atoms with Crippen LogP contribution in [0.4, 0.5) is 5.69 Å². The molecule has 0 aliphatic rings. The van der Waals surface area contributed by atoms with Gasteiger partial charge in [0.05, 0.1) is 22.0 Å². The number of para-hydroxylation sites is 1. The van der Waals surface area contributed by atoms with Crippen molar-refractivity contribution >= 4 is 52.6 Å². The van der Waals surface area contributed by atoms with Crippen LogP contribution in [0.2, 0.25) is 10.0 Å². The van der Waals surface area contributed by atoms with Gasteiger partial charge < -0.3 is 14.8 Å². The summed E-state index contributed by atoms with van der Waals surface area (Å²) in [4.78, 5) is 47.7. The Hall–Kier alpha value is -4.08. The van der Waals surface area contributed by atoms with Gasteiger partial charge in [-0.05, 0) is 48.5 Å². The van der Waals surface area contributed by atoms with E-state index in [0.717, 1.165) is 0 Å². The molecule has 0 spiro atoms. The molecule has 0 saturated carbocycles. The molecule has 9 nitrogen and oxygen atoms in total. The highest BCUT2D eigenvalue weighted by Crippen LogP contribution is 2.29. The van der Waals surface area contributed by atoms with Crippen LogP contribution in [-0.2, 0) is 19.1 Å². The third kappa shape index (κ3) is 8.30. The van der Waals surface area contributed by atoms with Crippen LogP contribution >= 0.6 is 23.2 Å². The maximum absolute atomic E-state index is 12.1. The van der Waals surface area contributed by atoms with E-state index in [-0.39, 0.29) is 23.4 Å². The SMILES string of the molecule is O=C(COC(=O)CCC(=O)Nc1ccc(Oc2ccccc2Cl)cc1)NNC(=O)c1ccccc1Cl. The number of anilines is 1. The van der Waals surface area contributed by atoms with Gasteiger partial charge in [0.15, 0.2) is 6.61 Å². The fourth-order valence-corrected chi connectivity index (χ4v) is 3.19. The zero-order valence-electron chi connectivity index (χ0n) is 18.8. The quantitative estimate of drug-likeness (QED) is 0.277. The van der Waals surface area contributed by atoms with E-state index in [4.69, 9.17) is 32.7 Å². The van der Waals surface area contributed by atoms with Crippen molar-refractivity contribution < 1.29 is 28.7 Å². The van der Waals surface area contributed by atoms with Crippen molar-refractivity contribution in [3.05, 3.63) is 88.4 Å². The lowest BCUT2D eigenvalue weighted by Crippen LogP contribution is -2.43. The first-order valence-electron chi connectivity index (χ1n) is 10.6. The van der Waals surface area contributed by atoms with Crippen LogP contribution in [0.3, 0.4) is 0 Å². The Kier molecular flexibility index (Phi) is 9.67. The molecule has 36 heavy (non-hydrogen) atoms. The molecule has 0 atom stereocenters. The fourth-order valence-electron chi connectivity index (χ4n) is 2.79. The lowest BCUT2D eigenvalue weighted by molar-refractivity contribution is -0.149. The molecule has 0 aliphatic carbocycles. The molecule has 0 fully saturated rings. The van der Waals surface area contributed by atoms with Gasteiger partial charge in [-0.15, -0.1) is 0 Å². The van der Waals surface area contributed by atoms with Gasteiger partial charge in [-0.3, -0.25) is 30.0 Å². The fraction of sp³-hybridized carbons (Fsp3) is 0.120. The van der Waals surface area contributed by atoms with Crippen molar-refractivity contribution in [1.29, 1.82) is 0 Å². The number of ether oxygens (including phenoxy) is 2. The highest BCUT2D eigenvalue weighted by atomic mass is 35.5. The van der Waals surface area contributed by atoms with Gasteiger partial charge in [-0.2, -0.15) is 0 Å². The zero-order valence-corrected chi connectivity index (χ0v) is 20.3. The number of hydrazine groups is 1. The summed E-state index contributed by atoms with van der Waals surface area (Å²) in [6, 6.07) is 19.9. The van der Waals surface area contributed by atoms with Crippen molar-refractivity contribution in [3.8, 4) is 11.5 Å². The first-order chi connectivity index (χ1) is 17.3. The molecule has 3 N–H and O–H groups in total. The number of hydrogen-bond donors (Lipinski definition) is 3. The number of carbonyl (C=O) groups excluding carboxylic acids is 4. The van der Waals surface area contributed by atoms with Gasteiger partial charge in [0, 0.05) is 12.1 Å². The minimum Gasteiger partial charge on any atom is -0.456 e. The molecular weight excluding hydrogens is 509 g/mol. The van der Waals surface area contributed by atoms with Crippen molar-refractivity contribution in [2.75, 3.05) is 11.9 Å². The van der Waals surface area contributed by atoms with E-state index in [1.165, 1.54) is 12.1 Å². The summed E-state index contributed by atoms with van der Waals surface area (Å²) in [5.41, 5.74) is 4.96. The summed E-state index contributed by atoms with van der Waals surface area (Å²) in [5.74, 6) is -1.51. The maximum atomic E-state index is 12.1. The molecule has 0 unspecified atom stereocenters. The van der Waals surface area contributed by atoms with Gasteiger partial charge in [-0.25, -0.2) is 0 Å². The van der Waals surface area contributed by atoms with Crippen LogP contribution in [0.5, 0.6) is 11.5 Å². The molecule has 0 heterocycles. The van der Waals surface area contributed by atoms with Crippen LogP contribution in [0.15, 0.2) is 72.8 Å². The number of amides is 3. The van der Waals surface area contributed by atoms with Crippen molar-refractivity contribution in [1.82, 2.24) is 10.9 Å². The highest BCUT2D eigenvalue weighted by molar-refractivity contribution is 6.33. The Morgan fingerprint density at radius 1 is 0.722 bits per heavy atom. The maximum Gasteiger partial charge on any atom is 0.306 e. The largest absolute Gasteiger partial charge is 0.456 e. The summed E-state index contributed by atoms with van der Waals surface area (Å²) in [7, 11) is 0.